The van der Waals surface area contributed by atoms with Gasteiger partial charge in [-0.2, -0.15) is 4.98 Å². The van der Waals surface area contributed by atoms with Gasteiger partial charge < -0.3 is 5.11 Å². The molecular formula is C20H17N3O2S. The van der Waals surface area contributed by atoms with E-state index in [2.05, 4.69) is 4.98 Å². The van der Waals surface area contributed by atoms with E-state index in [1.54, 1.807) is 33.0 Å². The number of fused-ring (bicyclic) bond motifs is 1. The molecule has 0 amide bonds. The Bertz CT molecular complexity index is 1090. The van der Waals surface area contributed by atoms with Gasteiger partial charge in [0.25, 0.3) is 5.56 Å². The Morgan fingerprint density at radius 3 is 2.31 bits per heavy atom. The highest BCUT2D eigenvalue weighted by Gasteiger charge is 2.13. The summed E-state index contributed by atoms with van der Waals surface area (Å²) in [5.41, 5.74) is 2.04. The average molecular weight is 363 g/mol. The summed E-state index contributed by atoms with van der Waals surface area (Å²) in [4.78, 5) is 16.8. The summed E-state index contributed by atoms with van der Waals surface area (Å²) < 4.78 is 3.34. The molecule has 2 heterocycles. The third-order valence-electron chi connectivity index (χ3n) is 4.08. The second kappa shape index (κ2) is 7.09. The lowest BCUT2D eigenvalue weighted by Gasteiger charge is -2.11. The van der Waals surface area contributed by atoms with Crippen LogP contribution in [-0.2, 0) is 12.3 Å². The zero-order valence-corrected chi connectivity index (χ0v) is 14.8. The Kier molecular flexibility index (Phi) is 4.50. The fourth-order valence-electron chi connectivity index (χ4n) is 2.82. The topological polar surface area (TPSA) is 59.5 Å². The molecule has 0 fully saturated rings. The van der Waals surface area contributed by atoms with Crippen molar-refractivity contribution in [2.75, 3.05) is 0 Å². The van der Waals surface area contributed by atoms with Crippen molar-refractivity contribution in [3.05, 3.63) is 94.4 Å². The zero-order chi connectivity index (χ0) is 17.9. The molecule has 2 aromatic heterocycles. The summed E-state index contributed by atoms with van der Waals surface area (Å²) in [5, 5.41) is 10.6. The van der Waals surface area contributed by atoms with E-state index in [0.717, 1.165) is 16.3 Å². The van der Waals surface area contributed by atoms with E-state index in [1.807, 2.05) is 60.7 Å². The van der Waals surface area contributed by atoms with E-state index in [-0.39, 0.29) is 11.4 Å². The molecule has 26 heavy (non-hydrogen) atoms. The van der Waals surface area contributed by atoms with Gasteiger partial charge in [-0.05, 0) is 11.1 Å². The molecule has 0 atom stereocenters. The van der Waals surface area contributed by atoms with Gasteiger partial charge in [-0.3, -0.25) is 13.8 Å². The lowest BCUT2D eigenvalue weighted by molar-refractivity contribution is 0.456. The van der Waals surface area contributed by atoms with Crippen molar-refractivity contribution in [3.63, 3.8) is 0 Å². The number of hydrogen-bond acceptors (Lipinski definition) is 4. The predicted molar refractivity (Wildman–Crippen MR) is 103 cm³/mol. The fraction of sp³-hybridized carbons (Fsp3) is 0.100. The summed E-state index contributed by atoms with van der Waals surface area (Å²) in [7, 11) is 0. The van der Waals surface area contributed by atoms with E-state index in [9.17, 15) is 9.90 Å². The van der Waals surface area contributed by atoms with E-state index in [1.165, 1.54) is 5.56 Å². The number of imidazole rings is 1. The SMILES string of the molecule is O=c1cc(SCc2ccccc2)n2cc(O)nc2n1Cc1ccccc1. The van der Waals surface area contributed by atoms with Gasteiger partial charge in [0.15, 0.2) is 0 Å². The predicted octanol–water partition coefficient (Wildman–Crippen LogP) is 3.54. The van der Waals surface area contributed by atoms with Crippen LogP contribution in [0, 0.1) is 0 Å². The number of aromatic hydroxyl groups is 1. The first-order valence-corrected chi connectivity index (χ1v) is 9.22. The van der Waals surface area contributed by atoms with Crippen molar-refractivity contribution in [1.82, 2.24) is 14.0 Å². The van der Waals surface area contributed by atoms with Gasteiger partial charge in [-0.1, -0.05) is 60.7 Å². The maximum Gasteiger partial charge on any atom is 0.256 e. The minimum atomic E-state index is -0.137. The van der Waals surface area contributed by atoms with Crippen LogP contribution in [-0.4, -0.2) is 19.1 Å². The molecule has 0 aliphatic heterocycles. The first-order valence-electron chi connectivity index (χ1n) is 8.23. The molecule has 4 rings (SSSR count). The molecule has 0 saturated heterocycles. The minimum absolute atomic E-state index is 0.0982. The molecule has 1 N–H and O–H groups in total. The molecular weight excluding hydrogens is 346 g/mol. The largest absolute Gasteiger partial charge is 0.492 e. The number of rotatable bonds is 5. The van der Waals surface area contributed by atoms with Crippen molar-refractivity contribution < 1.29 is 5.11 Å². The number of hydrogen-bond donors (Lipinski definition) is 1. The maximum atomic E-state index is 12.7. The fourth-order valence-corrected chi connectivity index (χ4v) is 3.78. The first-order chi connectivity index (χ1) is 12.7. The molecule has 0 bridgehead atoms. The highest BCUT2D eigenvalue weighted by molar-refractivity contribution is 7.98. The monoisotopic (exact) mass is 363 g/mol. The summed E-state index contributed by atoms with van der Waals surface area (Å²) in [5.74, 6) is 1.07. The Hall–Kier alpha value is -2.99. The Morgan fingerprint density at radius 2 is 1.62 bits per heavy atom. The van der Waals surface area contributed by atoms with E-state index < -0.39 is 0 Å². The number of nitrogens with zero attached hydrogens (tertiary/aromatic N) is 3. The van der Waals surface area contributed by atoms with Crippen LogP contribution in [0.25, 0.3) is 5.78 Å². The Balaban J connectivity index is 1.72. The quantitative estimate of drug-likeness (QED) is 0.435. The maximum absolute atomic E-state index is 12.7. The molecule has 130 valence electrons. The van der Waals surface area contributed by atoms with Crippen molar-refractivity contribution in [2.24, 2.45) is 0 Å². The number of aromatic nitrogens is 3. The summed E-state index contributed by atoms with van der Waals surface area (Å²) in [6.07, 6.45) is 1.55. The lowest BCUT2D eigenvalue weighted by Crippen LogP contribution is -2.23. The van der Waals surface area contributed by atoms with Gasteiger partial charge in [0, 0.05) is 11.8 Å². The van der Waals surface area contributed by atoms with Crippen molar-refractivity contribution in [3.8, 4) is 5.88 Å². The number of thioether (sulfide) groups is 1. The van der Waals surface area contributed by atoms with Gasteiger partial charge in [0.2, 0.25) is 11.7 Å². The average Bonchev–Trinajstić information content (AvgIpc) is 3.06. The molecule has 2 aromatic carbocycles. The Labute approximate surface area is 154 Å². The van der Waals surface area contributed by atoms with Crippen LogP contribution in [0.4, 0.5) is 0 Å². The van der Waals surface area contributed by atoms with Crippen molar-refractivity contribution >= 4 is 17.5 Å². The molecule has 0 saturated carbocycles. The standard InChI is InChI=1S/C20H17N3O2S/c24-17-13-23-19(26-14-16-9-5-2-6-10-16)11-18(25)22(20(23)21-17)12-15-7-3-1-4-8-15/h1-11,13,24H,12,14H2. The van der Waals surface area contributed by atoms with Gasteiger partial charge in [0.1, 0.15) is 0 Å². The smallest absolute Gasteiger partial charge is 0.256 e. The van der Waals surface area contributed by atoms with Crippen molar-refractivity contribution in [1.29, 1.82) is 0 Å². The molecule has 0 radical (unpaired) electrons. The molecule has 0 unspecified atom stereocenters. The van der Waals surface area contributed by atoms with E-state index in [4.69, 9.17) is 0 Å². The van der Waals surface area contributed by atoms with Crippen LogP contribution in [0.1, 0.15) is 11.1 Å². The van der Waals surface area contributed by atoms with E-state index in [0.29, 0.717) is 12.3 Å². The van der Waals surface area contributed by atoms with Crippen LogP contribution in [0.3, 0.4) is 0 Å². The second-order valence-corrected chi connectivity index (χ2v) is 6.93. The molecule has 4 aromatic rings. The van der Waals surface area contributed by atoms with Gasteiger partial charge >= 0.3 is 0 Å². The van der Waals surface area contributed by atoms with Gasteiger partial charge in [-0.25, -0.2) is 0 Å². The van der Waals surface area contributed by atoms with Crippen LogP contribution < -0.4 is 5.56 Å². The van der Waals surface area contributed by atoms with Gasteiger partial charge in [-0.15, -0.1) is 11.8 Å². The van der Waals surface area contributed by atoms with Crippen molar-refractivity contribution in [2.45, 2.75) is 17.3 Å². The van der Waals surface area contributed by atoms with Crippen LogP contribution in [0.2, 0.25) is 0 Å². The van der Waals surface area contributed by atoms with E-state index >= 15 is 0 Å². The third-order valence-corrected chi connectivity index (χ3v) is 5.17. The summed E-state index contributed by atoms with van der Waals surface area (Å²) in [6.45, 7) is 0.406. The second-order valence-electron chi connectivity index (χ2n) is 5.94. The lowest BCUT2D eigenvalue weighted by atomic mass is 10.2. The zero-order valence-electron chi connectivity index (χ0n) is 13.9. The normalized spacial score (nSPS) is 11.1. The molecule has 0 aliphatic carbocycles. The molecule has 5 nitrogen and oxygen atoms in total. The van der Waals surface area contributed by atoms with Crippen LogP contribution >= 0.6 is 11.8 Å². The minimum Gasteiger partial charge on any atom is -0.492 e. The Morgan fingerprint density at radius 1 is 0.962 bits per heavy atom. The van der Waals surface area contributed by atoms with Gasteiger partial charge in [0.05, 0.1) is 17.8 Å². The summed E-state index contributed by atoms with van der Waals surface area (Å²) >= 11 is 1.54. The molecule has 0 spiro atoms. The number of benzene rings is 2. The molecule has 0 aliphatic rings. The third kappa shape index (κ3) is 3.36. The highest BCUT2D eigenvalue weighted by Crippen LogP contribution is 2.24. The van der Waals surface area contributed by atoms with Crippen LogP contribution in [0.5, 0.6) is 5.88 Å². The molecule has 6 heteroatoms. The summed E-state index contributed by atoms with van der Waals surface area (Å²) in [6, 6.07) is 21.4. The highest BCUT2D eigenvalue weighted by atomic mass is 32.2. The van der Waals surface area contributed by atoms with Crippen LogP contribution in [0.15, 0.2) is 82.7 Å². The first kappa shape index (κ1) is 16.5.